The zero-order valence-electron chi connectivity index (χ0n) is 20.5. The number of carbonyl (C=O) groups excluding carboxylic acids is 2. The Bertz CT molecular complexity index is 1140. The maximum absolute atomic E-state index is 12.6. The summed E-state index contributed by atoms with van der Waals surface area (Å²) in [5.74, 6) is 0.807. The van der Waals surface area contributed by atoms with E-state index in [-0.39, 0.29) is 11.8 Å². The zero-order valence-corrected chi connectivity index (χ0v) is 20.5. The van der Waals surface area contributed by atoms with Gasteiger partial charge in [-0.15, -0.1) is 0 Å². The number of nitrogens with one attached hydrogen (secondary N) is 1. The van der Waals surface area contributed by atoms with Gasteiger partial charge in [-0.3, -0.25) is 9.59 Å². The Hall–Kier alpha value is -3.52. The van der Waals surface area contributed by atoms with Crippen LogP contribution in [0.4, 0.5) is 0 Å². The van der Waals surface area contributed by atoms with Gasteiger partial charge in [-0.25, -0.2) is 0 Å². The number of amides is 2. The first-order valence-corrected chi connectivity index (χ1v) is 12.3. The molecule has 0 radical (unpaired) electrons. The second-order valence-electron chi connectivity index (χ2n) is 9.10. The third-order valence-electron chi connectivity index (χ3n) is 6.28. The van der Waals surface area contributed by atoms with Crippen molar-refractivity contribution >= 4 is 11.8 Å². The molecule has 4 rings (SSSR count). The van der Waals surface area contributed by atoms with Crippen molar-refractivity contribution in [2.45, 2.75) is 32.6 Å². The first-order valence-electron chi connectivity index (χ1n) is 12.3. The van der Waals surface area contributed by atoms with Crippen molar-refractivity contribution in [2.24, 2.45) is 0 Å². The lowest BCUT2D eigenvalue weighted by Crippen LogP contribution is -2.29. The summed E-state index contributed by atoms with van der Waals surface area (Å²) in [7, 11) is 1.77. The number of hydrogen-bond donors (Lipinski definition) is 1. The summed E-state index contributed by atoms with van der Waals surface area (Å²) in [5, 5.41) is 7.03. The van der Waals surface area contributed by atoms with E-state index in [1.54, 1.807) is 24.1 Å². The topological polar surface area (TPSA) is 91.6 Å². The van der Waals surface area contributed by atoms with Crippen LogP contribution in [-0.4, -0.2) is 71.5 Å². The smallest absolute Gasteiger partial charge is 0.257 e. The number of hydrogen-bond acceptors (Lipinski definition) is 6. The van der Waals surface area contributed by atoms with Crippen LogP contribution >= 0.6 is 0 Å². The van der Waals surface area contributed by atoms with Gasteiger partial charge in [0.05, 0.1) is 0 Å². The average Bonchev–Trinajstić information content (AvgIpc) is 3.57. The second-order valence-corrected chi connectivity index (χ2v) is 9.10. The summed E-state index contributed by atoms with van der Waals surface area (Å²) in [6, 6.07) is 14.7. The Morgan fingerprint density at radius 1 is 1.09 bits per heavy atom. The Kier molecular flexibility index (Phi) is 8.26. The molecule has 0 atom stereocenters. The first-order chi connectivity index (χ1) is 17.0. The number of likely N-dealkylation sites (tertiary alicyclic amines) is 1. The van der Waals surface area contributed by atoms with Crippen molar-refractivity contribution in [1.82, 2.24) is 25.3 Å². The lowest BCUT2D eigenvalue weighted by molar-refractivity contribution is 0.0795. The highest BCUT2D eigenvalue weighted by Gasteiger charge is 2.15. The fraction of sp³-hybridized carbons (Fsp3) is 0.407. The van der Waals surface area contributed by atoms with Gasteiger partial charge in [0.15, 0.2) is 5.82 Å². The van der Waals surface area contributed by atoms with Crippen LogP contribution in [0.25, 0.3) is 11.5 Å². The van der Waals surface area contributed by atoms with Gasteiger partial charge in [0.25, 0.3) is 17.7 Å². The summed E-state index contributed by atoms with van der Waals surface area (Å²) >= 11 is 0. The molecule has 1 fully saturated rings. The predicted octanol–water partition coefficient (Wildman–Crippen LogP) is 3.58. The lowest BCUT2D eigenvalue weighted by Gasteiger charge is -2.16. The molecule has 0 spiro atoms. The highest BCUT2D eigenvalue weighted by atomic mass is 16.5. The molecular weight excluding hydrogens is 442 g/mol. The Balaban J connectivity index is 1.25. The summed E-state index contributed by atoms with van der Waals surface area (Å²) in [4.78, 5) is 33.6. The molecule has 3 aromatic rings. The summed E-state index contributed by atoms with van der Waals surface area (Å²) < 4.78 is 5.40. The van der Waals surface area contributed by atoms with Crippen molar-refractivity contribution in [3.63, 3.8) is 0 Å². The first kappa shape index (κ1) is 24.6. The van der Waals surface area contributed by atoms with Gasteiger partial charge in [0.2, 0.25) is 0 Å². The quantitative estimate of drug-likeness (QED) is 0.451. The van der Waals surface area contributed by atoms with E-state index in [1.165, 1.54) is 25.9 Å². The minimum atomic E-state index is -0.0782. The predicted molar refractivity (Wildman–Crippen MR) is 134 cm³/mol. The highest BCUT2D eigenvalue weighted by molar-refractivity contribution is 5.94. The van der Waals surface area contributed by atoms with Crippen LogP contribution in [-0.2, 0) is 6.42 Å². The molecule has 1 aliphatic heterocycles. The van der Waals surface area contributed by atoms with Crippen LogP contribution < -0.4 is 5.32 Å². The molecule has 184 valence electrons. The second kappa shape index (κ2) is 11.8. The molecule has 35 heavy (non-hydrogen) atoms. The molecule has 1 aliphatic rings. The summed E-state index contributed by atoms with van der Waals surface area (Å²) in [6.07, 6.45) is 4.01. The van der Waals surface area contributed by atoms with Crippen LogP contribution in [0.2, 0.25) is 0 Å². The number of nitrogens with zero attached hydrogens (tertiary/aromatic N) is 4. The van der Waals surface area contributed by atoms with E-state index in [0.717, 1.165) is 24.1 Å². The third-order valence-corrected chi connectivity index (χ3v) is 6.28. The molecule has 8 nitrogen and oxygen atoms in total. The fourth-order valence-corrected chi connectivity index (χ4v) is 4.22. The van der Waals surface area contributed by atoms with Crippen molar-refractivity contribution in [3.8, 4) is 11.5 Å². The molecule has 1 N–H and O–H groups in total. The molecule has 0 saturated carbocycles. The van der Waals surface area contributed by atoms with Gasteiger partial charge in [-0.05, 0) is 82.2 Å². The van der Waals surface area contributed by atoms with Gasteiger partial charge < -0.3 is 19.6 Å². The van der Waals surface area contributed by atoms with Gasteiger partial charge in [-0.1, -0.05) is 22.9 Å². The van der Waals surface area contributed by atoms with Gasteiger partial charge in [0.1, 0.15) is 0 Å². The van der Waals surface area contributed by atoms with E-state index in [4.69, 9.17) is 4.52 Å². The SMILES string of the molecule is Cc1cccc(C(=O)N(C)CCc2noc(-c3ccc(C(=O)NCCCN4CCCC4)cc3)n2)c1. The molecule has 1 aromatic heterocycles. The van der Waals surface area contributed by atoms with Crippen LogP contribution in [0.1, 0.15) is 51.4 Å². The van der Waals surface area contributed by atoms with Gasteiger partial charge in [-0.2, -0.15) is 4.98 Å². The third kappa shape index (κ3) is 6.76. The lowest BCUT2D eigenvalue weighted by atomic mass is 10.1. The monoisotopic (exact) mass is 475 g/mol. The molecular formula is C27H33N5O3. The van der Waals surface area contributed by atoms with E-state index in [1.807, 2.05) is 43.3 Å². The zero-order chi connectivity index (χ0) is 24.6. The maximum atomic E-state index is 12.6. The van der Waals surface area contributed by atoms with Crippen LogP contribution in [0.3, 0.4) is 0 Å². The van der Waals surface area contributed by atoms with E-state index in [2.05, 4.69) is 20.4 Å². The number of aromatic nitrogens is 2. The Labute approximate surface area is 206 Å². The van der Waals surface area contributed by atoms with Crippen LogP contribution in [0.5, 0.6) is 0 Å². The van der Waals surface area contributed by atoms with Crippen LogP contribution in [0, 0.1) is 6.92 Å². The van der Waals surface area contributed by atoms with E-state index in [9.17, 15) is 9.59 Å². The van der Waals surface area contributed by atoms with Crippen molar-refractivity contribution < 1.29 is 14.1 Å². The average molecular weight is 476 g/mol. The fourth-order valence-electron chi connectivity index (χ4n) is 4.22. The van der Waals surface area contributed by atoms with Crippen molar-refractivity contribution in [2.75, 3.05) is 39.8 Å². The number of aryl methyl sites for hydroxylation is 1. The van der Waals surface area contributed by atoms with E-state index < -0.39 is 0 Å². The number of benzene rings is 2. The molecule has 2 heterocycles. The Morgan fingerprint density at radius 2 is 1.86 bits per heavy atom. The van der Waals surface area contributed by atoms with Gasteiger partial charge in [0, 0.05) is 43.2 Å². The van der Waals surface area contributed by atoms with Gasteiger partial charge >= 0.3 is 0 Å². The molecule has 1 saturated heterocycles. The summed E-state index contributed by atoms with van der Waals surface area (Å²) in [6.45, 7) is 6.50. The van der Waals surface area contributed by atoms with Crippen molar-refractivity contribution in [1.29, 1.82) is 0 Å². The maximum Gasteiger partial charge on any atom is 0.257 e. The van der Waals surface area contributed by atoms with Crippen molar-refractivity contribution in [3.05, 3.63) is 71.0 Å². The number of likely N-dealkylation sites (N-methyl/N-ethyl adjacent to an activating group) is 1. The number of carbonyl (C=O) groups is 2. The highest BCUT2D eigenvalue weighted by Crippen LogP contribution is 2.18. The molecule has 0 aliphatic carbocycles. The molecule has 8 heteroatoms. The summed E-state index contributed by atoms with van der Waals surface area (Å²) in [5.41, 5.74) is 3.06. The minimum absolute atomic E-state index is 0.0395. The normalized spacial score (nSPS) is 13.7. The molecule has 0 bridgehead atoms. The Morgan fingerprint density at radius 3 is 2.60 bits per heavy atom. The standard InChI is InChI=1S/C27H33N5O3/c1-20-7-5-8-23(19-20)27(34)31(2)18-13-24-29-26(35-30-24)22-11-9-21(10-12-22)25(33)28-14-6-17-32-15-3-4-16-32/h5,7-12,19H,3-4,6,13-18H2,1-2H3,(H,28,33). The molecule has 2 amide bonds. The van der Waals surface area contributed by atoms with E-state index in [0.29, 0.717) is 42.4 Å². The molecule has 2 aromatic carbocycles. The number of rotatable bonds is 10. The minimum Gasteiger partial charge on any atom is -0.352 e. The molecule has 0 unspecified atom stereocenters. The largest absolute Gasteiger partial charge is 0.352 e. The van der Waals surface area contributed by atoms with E-state index >= 15 is 0 Å². The van der Waals surface area contributed by atoms with Crippen LogP contribution in [0.15, 0.2) is 53.1 Å².